The predicted molar refractivity (Wildman–Crippen MR) is 106 cm³/mol. The molecule has 1 amide bonds. The van der Waals surface area contributed by atoms with Crippen LogP contribution in [0.25, 0.3) is 0 Å². The number of hydrogen-bond donors (Lipinski definition) is 3. The fourth-order valence-electron chi connectivity index (χ4n) is 2.80. The fourth-order valence-corrected chi connectivity index (χ4v) is 2.80. The molecule has 6 nitrogen and oxygen atoms in total. The molecule has 6 heteroatoms. The largest absolute Gasteiger partial charge is 0.395 e. The van der Waals surface area contributed by atoms with Crippen molar-refractivity contribution in [2.24, 2.45) is 0 Å². The maximum Gasteiger partial charge on any atom is 0.219 e. The highest BCUT2D eigenvalue weighted by molar-refractivity contribution is 5.75. The molecule has 0 atom stereocenters. The average Bonchev–Trinajstić information content (AvgIpc) is 2.63. The van der Waals surface area contributed by atoms with E-state index in [1.807, 2.05) is 4.90 Å². The summed E-state index contributed by atoms with van der Waals surface area (Å²) in [7, 11) is 0. The van der Waals surface area contributed by atoms with Crippen molar-refractivity contribution in [3.63, 3.8) is 0 Å². The van der Waals surface area contributed by atoms with E-state index in [1.165, 1.54) is 32.1 Å². The van der Waals surface area contributed by atoms with Gasteiger partial charge in [-0.05, 0) is 19.3 Å². The zero-order valence-corrected chi connectivity index (χ0v) is 16.9. The van der Waals surface area contributed by atoms with Gasteiger partial charge in [-0.25, -0.2) is 0 Å². The number of rotatable bonds is 20. The van der Waals surface area contributed by atoms with E-state index < -0.39 is 0 Å². The van der Waals surface area contributed by atoms with Crippen LogP contribution in [0.1, 0.15) is 71.1 Å². The average molecular weight is 375 g/mol. The SMILES string of the molecule is CCCCCCCCCC(=O)NCCCCOCCN(CCO)CCO. The van der Waals surface area contributed by atoms with Gasteiger partial charge in [0.1, 0.15) is 0 Å². The standard InChI is InChI=1S/C20H42N2O4/c1-2-3-4-5-6-7-8-11-20(25)21-12-9-10-18-26-19-15-22(13-16-23)14-17-24/h23-24H,2-19H2,1H3,(H,21,25). The molecule has 0 aromatic heterocycles. The van der Waals surface area contributed by atoms with E-state index in [2.05, 4.69) is 12.2 Å². The summed E-state index contributed by atoms with van der Waals surface area (Å²) in [5, 5.41) is 20.8. The third-order valence-electron chi connectivity index (χ3n) is 4.43. The number of aliphatic hydroxyl groups is 2. The molecule has 0 aromatic carbocycles. The Hall–Kier alpha value is -0.690. The quantitative estimate of drug-likeness (QED) is 0.285. The van der Waals surface area contributed by atoms with E-state index in [-0.39, 0.29) is 19.1 Å². The fraction of sp³-hybridized carbons (Fsp3) is 0.950. The molecule has 0 spiro atoms. The number of hydrogen-bond acceptors (Lipinski definition) is 5. The van der Waals surface area contributed by atoms with Crippen LogP contribution in [-0.4, -0.2) is 73.6 Å². The Morgan fingerprint density at radius 1 is 0.846 bits per heavy atom. The van der Waals surface area contributed by atoms with Gasteiger partial charge < -0.3 is 20.3 Å². The van der Waals surface area contributed by atoms with Gasteiger partial charge in [0.05, 0.1) is 19.8 Å². The minimum absolute atomic E-state index is 0.0958. The van der Waals surface area contributed by atoms with Crippen molar-refractivity contribution < 1.29 is 19.7 Å². The summed E-state index contributed by atoms with van der Waals surface area (Å²) in [6, 6.07) is 0. The van der Waals surface area contributed by atoms with Crippen LogP contribution in [0.3, 0.4) is 0 Å². The minimum atomic E-state index is 0.0958. The molecule has 0 bridgehead atoms. The molecule has 0 saturated carbocycles. The number of nitrogens with one attached hydrogen (secondary N) is 1. The first-order valence-electron chi connectivity index (χ1n) is 10.5. The summed E-state index contributed by atoms with van der Waals surface area (Å²) >= 11 is 0. The van der Waals surface area contributed by atoms with Gasteiger partial charge in [-0.1, -0.05) is 45.4 Å². The third kappa shape index (κ3) is 18.1. The van der Waals surface area contributed by atoms with Crippen molar-refractivity contribution in [2.45, 2.75) is 71.1 Å². The third-order valence-corrected chi connectivity index (χ3v) is 4.43. The van der Waals surface area contributed by atoms with Crippen molar-refractivity contribution in [3.05, 3.63) is 0 Å². The first-order chi connectivity index (χ1) is 12.7. The van der Waals surface area contributed by atoms with Crippen LogP contribution in [0.15, 0.2) is 0 Å². The van der Waals surface area contributed by atoms with Gasteiger partial charge in [-0.2, -0.15) is 0 Å². The monoisotopic (exact) mass is 374 g/mol. The Kier molecular flexibility index (Phi) is 20.1. The van der Waals surface area contributed by atoms with E-state index >= 15 is 0 Å². The van der Waals surface area contributed by atoms with Gasteiger partial charge in [0.15, 0.2) is 0 Å². The van der Waals surface area contributed by atoms with E-state index in [1.54, 1.807) is 0 Å². The van der Waals surface area contributed by atoms with Crippen LogP contribution in [0.5, 0.6) is 0 Å². The highest BCUT2D eigenvalue weighted by Gasteiger charge is 2.03. The van der Waals surface area contributed by atoms with Crippen LogP contribution in [-0.2, 0) is 9.53 Å². The summed E-state index contributed by atoms with van der Waals surface area (Å²) in [4.78, 5) is 13.7. The molecule has 0 radical (unpaired) electrons. The highest BCUT2D eigenvalue weighted by atomic mass is 16.5. The molecule has 0 unspecified atom stereocenters. The Bertz CT molecular complexity index is 298. The number of nitrogens with zero attached hydrogens (tertiary/aromatic N) is 1. The highest BCUT2D eigenvalue weighted by Crippen LogP contribution is 2.08. The Morgan fingerprint density at radius 3 is 2.15 bits per heavy atom. The number of carbonyl (C=O) groups is 1. The van der Waals surface area contributed by atoms with Crippen LogP contribution < -0.4 is 5.32 Å². The second-order valence-electron chi connectivity index (χ2n) is 6.83. The Morgan fingerprint density at radius 2 is 1.50 bits per heavy atom. The second-order valence-corrected chi connectivity index (χ2v) is 6.83. The van der Waals surface area contributed by atoms with E-state index in [0.29, 0.717) is 32.7 Å². The summed E-state index contributed by atoms with van der Waals surface area (Å²) in [6.07, 6.45) is 11.1. The van der Waals surface area contributed by atoms with Crippen molar-refractivity contribution in [3.8, 4) is 0 Å². The van der Waals surface area contributed by atoms with Crippen molar-refractivity contribution in [1.29, 1.82) is 0 Å². The smallest absolute Gasteiger partial charge is 0.219 e. The molecule has 0 heterocycles. The van der Waals surface area contributed by atoms with Crippen LogP contribution in [0, 0.1) is 0 Å². The molecular weight excluding hydrogens is 332 g/mol. The lowest BCUT2D eigenvalue weighted by Crippen LogP contribution is -2.33. The van der Waals surface area contributed by atoms with Gasteiger partial charge >= 0.3 is 0 Å². The summed E-state index contributed by atoms with van der Waals surface area (Å²) in [6.45, 7) is 6.27. The van der Waals surface area contributed by atoms with Gasteiger partial charge in [0.2, 0.25) is 5.91 Å². The second kappa shape index (κ2) is 20.6. The lowest BCUT2D eigenvalue weighted by molar-refractivity contribution is -0.121. The molecule has 0 aromatic rings. The topological polar surface area (TPSA) is 82.0 Å². The molecule has 3 N–H and O–H groups in total. The molecule has 0 rings (SSSR count). The zero-order valence-electron chi connectivity index (χ0n) is 16.9. The minimum Gasteiger partial charge on any atom is -0.395 e. The van der Waals surface area contributed by atoms with Gasteiger partial charge in [0, 0.05) is 39.2 Å². The Balaban J connectivity index is 3.32. The maximum atomic E-state index is 11.7. The summed E-state index contributed by atoms with van der Waals surface area (Å²) in [5.41, 5.74) is 0. The van der Waals surface area contributed by atoms with Crippen molar-refractivity contribution >= 4 is 5.91 Å². The van der Waals surface area contributed by atoms with Crippen LogP contribution in [0.2, 0.25) is 0 Å². The summed E-state index contributed by atoms with van der Waals surface area (Å²) in [5.74, 6) is 0.170. The van der Waals surface area contributed by atoms with Gasteiger partial charge in [0.25, 0.3) is 0 Å². The van der Waals surface area contributed by atoms with E-state index in [0.717, 1.165) is 38.8 Å². The number of aliphatic hydroxyl groups excluding tert-OH is 2. The lowest BCUT2D eigenvalue weighted by atomic mass is 10.1. The van der Waals surface area contributed by atoms with Crippen LogP contribution in [0.4, 0.5) is 0 Å². The molecule has 0 saturated heterocycles. The van der Waals surface area contributed by atoms with Gasteiger partial charge in [-0.15, -0.1) is 0 Å². The normalized spacial score (nSPS) is 11.2. The number of unbranched alkanes of at least 4 members (excludes halogenated alkanes) is 7. The van der Waals surface area contributed by atoms with Crippen LogP contribution >= 0.6 is 0 Å². The van der Waals surface area contributed by atoms with Gasteiger partial charge in [-0.3, -0.25) is 9.69 Å². The molecule has 0 fully saturated rings. The molecular formula is C20H42N2O4. The summed E-state index contributed by atoms with van der Waals surface area (Å²) < 4.78 is 5.57. The number of amides is 1. The van der Waals surface area contributed by atoms with Crippen molar-refractivity contribution in [2.75, 3.05) is 52.6 Å². The zero-order chi connectivity index (χ0) is 19.3. The first kappa shape index (κ1) is 25.3. The molecule has 26 heavy (non-hydrogen) atoms. The molecule has 0 aliphatic heterocycles. The van der Waals surface area contributed by atoms with Crippen molar-refractivity contribution in [1.82, 2.24) is 10.2 Å². The molecule has 0 aliphatic carbocycles. The first-order valence-corrected chi connectivity index (χ1v) is 10.5. The molecule has 156 valence electrons. The lowest BCUT2D eigenvalue weighted by Gasteiger charge is -2.19. The Labute approximate surface area is 160 Å². The predicted octanol–water partition coefficient (Wildman–Crippen LogP) is 2.33. The van der Waals surface area contributed by atoms with E-state index in [4.69, 9.17) is 14.9 Å². The number of carbonyl (C=O) groups excluding carboxylic acids is 1. The molecule has 0 aliphatic rings. The number of ether oxygens (including phenoxy) is 1. The van der Waals surface area contributed by atoms with E-state index in [9.17, 15) is 4.79 Å². The maximum absolute atomic E-state index is 11.7.